The second-order valence-corrected chi connectivity index (χ2v) is 11.9. The highest BCUT2D eigenvalue weighted by Gasteiger charge is 2.60. The maximum absolute atomic E-state index is 13.7. The summed E-state index contributed by atoms with van der Waals surface area (Å²) >= 11 is 0. The Bertz CT molecular complexity index is 1350. The summed E-state index contributed by atoms with van der Waals surface area (Å²) in [6.45, 7) is 6.26. The zero-order valence-electron chi connectivity index (χ0n) is 23.1. The quantitative estimate of drug-likeness (QED) is 0.446. The minimum Gasteiger partial charge on any atom is -0.496 e. The second kappa shape index (κ2) is 9.42. The molecule has 0 radical (unpaired) electrons. The minimum absolute atomic E-state index is 0.0799. The van der Waals surface area contributed by atoms with E-state index in [4.69, 9.17) is 23.9 Å². The van der Waals surface area contributed by atoms with Crippen LogP contribution >= 0.6 is 0 Å². The van der Waals surface area contributed by atoms with Gasteiger partial charge in [-0.2, -0.15) is 13.2 Å². The third kappa shape index (κ3) is 4.21. The first-order valence-electron chi connectivity index (χ1n) is 13.8. The van der Waals surface area contributed by atoms with Gasteiger partial charge in [-0.05, 0) is 48.4 Å². The number of rotatable bonds is 4. The van der Waals surface area contributed by atoms with Gasteiger partial charge < -0.3 is 24.1 Å². The summed E-state index contributed by atoms with van der Waals surface area (Å²) in [5, 5.41) is 11.6. The molecule has 3 unspecified atom stereocenters. The number of aliphatic hydroxyl groups is 1. The molecular formula is C30H34F3NO6. The van der Waals surface area contributed by atoms with Gasteiger partial charge in [-0.15, -0.1) is 0 Å². The van der Waals surface area contributed by atoms with E-state index in [1.54, 1.807) is 0 Å². The Morgan fingerprint density at radius 1 is 1.15 bits per heavy atom. The number of hydrogen-bond donors (Lipinski definition) is 1. The Kier molecular flexibility index (Phi) is 6.47. The molecule has 7 nitrogen and oxygen atoms in total. The van der Waals surface area contributed by atoms with Crippen LogP contribution in [0.3, 0.4) is 0 Å². The first-order valence-corrected chi connectivity index (χ1v) is 13.8. The molecule has 2 fully saturated rings. The predicted octanol–water partition coefficient (Wildman–Crippen LogP) is 6.18. The van der Waals surface area contributed by atoms with Crippen molar-refractivity contribution in [2.24, 2.45) is 5.41 Å². The molecule has 3 atom stereocenters. The Morgan fingerprint density at radius 3 is 2.42 bits per heavy atom. The van der Waals surface area contributed by atoms with Gasteiger partial charge in [-0.25, -0.2) is 0 Å². The normalized spacial score (nSPS) is 26.1. The molecule has 0 amide bonds. The van der Waals surface area contributed by atoms with Crippen molar-refractivity contribution in [3.05, 3.63) is 57.4 Å². The lowest BCUT2D eigenvalue weighted by atomic mass is 9.72. The van der Waals surface area contributed by atoms with E-state index in [-0.39, 0.29) is 17.1 Å². The highest BCUT2D eigenvalue weighted by atomic mass is 19.4. The predicted molar refractivity (Wildman–Crippen MR) is 137 cm³/mol. The smallest absolute Gasteiger partial charge is 0.419 e. The van der Waals surface area contributed by atoms with Gasteiger partial charge in [0.2, 0.25) is 0 Å². The molecule has 1 aromatic heterocycles. The van der Waals surface area contributed by atoms with Gasteiger partial charge in [0.1, 0.15) is 18.0 Å². The SMILES string of the molecule is COc1cc(C2OC3(CCOCC3)c3c4c(nc(C(C)C)c32)C(OC(C)=O)C2(CC2)CC4O)ccc1C(F)(F)F. The molecule has 1 N–H and O–H groups in total. The number of carbonyl (C=O) groups is 1. The number of alkyl halides is 3. The number of nitrogens with zero attached hydrogens (tertiary/aromatic N) is 1. The highest BCUT2D eigenvalue weighted by Crippen LogP contribution is 2.67. The fourth-order valence-corrected chi connectivity index (χ4v) is 7.00. The van der Waals surface area contributed by atoms with Crippen molar-refractivity contribution in [1.29, 1.82) is 0 Å². The van der Waals surface area contributed by atoms with Crippen LogP contribution in [0.25, 0.3) is 0 Å². The third-order valence-corrected chi connectivity index (χ3v) is 8.99. The zero-order valence-corrected chi connectivity index (χ0v) is 23.1. The molecule has 216 valence electrons. The average Bonchev–Trinajstić information content (AvgIpc) is 3.60. The van der Waals surface area contributed by atoms with Crippen LogP contribution in [0.5, 0.6) is 5.75 Å². The van der Waals surface area contributed by atoms with Gasteiger partial charge in [0.05, 0.1) is 30.1 Å². The third-order valence-electron chi connectivity index (χ3n) is 8.99. The summed E-state index contributed by atoms with van der Waals surface area (Å²) in [6.07, 6.45) is -3.57. The number of aromatic nitrogens is 1. The van der Waals surface area contributed by atoms with E-state index in [0.717, 1.165) is 35.7 Å². The van der Waals surface area contributed by atoms with Crippen molar-refractivity contribution in [1.82, 2.24) is 4.98 Å². The lowest BCUT2D eigenvalue weighted by molar-refractivity contribution is -0.153. The molecule has 0 bridgehead atoms. The van der Waals surface area contributed by atoms with Crippen molar-refractivity contribution in [2.45, 2.75) is 88.9 Å². The molecule has 10 heteroatoms. The number of methoxy groups -OCH3 is 1. The Hall–Kier alpha value is -2.69. The van der Waals surface area contributed by atoms with Gasteiger partial charge >= 0.3 is 12.1 Å². The maximum atomic E-state index is 13.7. The van der Waals surface area contributed by atoms with Gasteiger partial charge in [0, 0.05) is 55.2 Å². The number of benzene rings is 1. The van der Waals surface area contributed by atoms with Gasteiger partial charge in [0.25, 0.3) is 0 Å². The molecular weight excluding hydrogens is 527 g/mol. The maximum Gasteiger partial charge on any atom is 0.419 e. The highest BCUT2D eigenvalue weighted by molar-refractivity contribution is 5.67. The number of hydrogen-bond acceptors (Lipinski definition) is 7. The van der Waals surface area contributed by atoms with E-state index in [1.807, 2.05) is 13.8 Å². The first-order chi connectivity index (χ1) is 18.9. The number of carbonyl (C=O) groups excluding carboxylic acids is 1. The lowest BCUT2D eigenvalue weighted by Crippen LogP contribution is -2.37. The molecule has 1 aromatic carbocycles. The molecule has 2 aliphatic heterocycles. The Balaban J connectivity index is 1.61. The first kappa shape index (κ1) is 27.5. The van der Waals surface area contributed by atoms with Crippen LogP contribution in [0.1, 0.15) is 116 Å². The van der Waals surface area contributed by atoms with Crippen LogP contribution < -0.4 is 4.74 Å². The molecule has 3 heterocycles. The molecule has 40 heavy (non-hydrogen) atoms. The zero-order chi connectivity index (χ0) is 28.6. The molecule has 1 saturated heterocycles. The molecule has 4 aliphatic rings. The Labute approximate surface area is 231 Å². The monoisotopic (exact) mass is 561 g/mol. The summed E-state index contributed by atoms with van der Waals surface area (Å²) < 4.78 is 64.6. The number of ether oxygens (including phenoxy) is 4. The van der Waals surface area contributed by atoms with Crippen LogP contribution in [0.15, 0.2) is 18.2 Å². The molecule has 1 saturated carbocycles. The summed E-state index contributed by atoms with van der Waals surface area (Å²) in [4.78, 5) is 17.3. The summed E-state index contributed by atoms with van der Waals surface area (Å²) in [7, 11) is 1.22. The van der Waals surface area contributed by atoms with E-state index in [1.165, 1.54) is 26.2 Å². The molecule has 2 aliphatic carbocycles. The van der Waals surface area contributed by atoms with E-state index in [2.05, 4.69) is 0 Å². The van der Waals surface area contributed by atoms with Crippen LogP contribution in [0, 0.1) is 5.41 Å². The minimum atomic E-state index is -4.57. The lowest BCUT2D eigenvalue weighted by Gasteiger charge is -2.40. The number of pyridine rings is 1. The van der Waals surface area contributed by atoms with Crippen molar-refractivity contribution < 1.29 is 42.0 Å². The second-order valence-electron chi connectivity index (χ2n) is 11.9. The summed E-state index contributed by atoms with van der Waals surface area (Å²) in [5.41, 5.74) is 2.01. The topological polar surface area (TPSA) is 87.1 Å². The van der Waals surface area contributed by atoms with Gasteiger partial charge in [-0.1, -0.05) is 19.9 Å². The Morgan fingerprint density at radius 2 is 1.85 bits per heavy atom. The molecule has 2 aromatic rings. The van der Waals surface area contributed by atoms with Crippen LogP contribution in [-0.2, 0) is 30.8 Å². The van der Waals surface area contributed by atoms with Crippen molar-refractivity contribution in [3.63, 3.8) is 0 Å². The van der Waals surface area contributed by atoms with Gasteiger partial charge in [-0.3, -0.25) is 9.78 Å². The van der Waals surface area contributed by atoms with Crippen LogP contribution in [0.2, 0.25) is 0 Å². The fraction of sp³-hybridized carbons (Fsp3) is 0.600. The average molecular weight is 562 g/mol. The van der Waals surface area contributed by atoms with E-state index >= 15 is 0 Å². The standard InChI is InChI=1S/C30H34F3NO6/c1-15(2)24-22-23(21-19(36)14-28(7-8-28)27(25(21)34-24)39-16(3)35)29(9-11-38-12-10-29)40-26(22)17-5-6-18(30(31,32)33)20(13-17)37-4/h5-6,13,15,19,26-27,36H,7-12,14H2,1-4H3. The number of halogens is 3. The molecule has 2 spiro atoms. The van der Waals surface area contributed by atoms with E-state index < -0.39 is 41.6 Å². The largest absolute Gasteiger partial charge is 0.496 e. The van der Waals surface area contributed by atoms with Gasteiger partial charge in [0.15, 0.2) is 0 Å². The van der Waals surface area contributed by atoms with Crippen molar-refractivity contribution >= 4 is 5.97 Å². The summed E-state index contributed by atoms with van der Waals surface area (Å²) in [5.74, 6) is -0.770. The van der Waals surface area contributed by atoms with Crippen LogP contribution in [-0.4, -0.2) is 36.4 Å². The number of fused-ring (bicyclic) bond motifs is 4. The molecule has 6 rings (SSSR count). The number of esters is 1. The number of aliphatic hydroxyl groups excluding tert-OH is 1. The summed E-state index contributed by atoms with van der Waals surface area (Å²) in [6, 6.07) is 3.84. The van der Waals surface area contributed by atoms with Crippen molar-refractivity contribution in [3.8, 4) is 5.75 Å². The van der Waals surface area contributed by atoms with Crippen molar-refractivity contribution in [2.75, 3.05) is 20.3 Å². The van der Waals surface area contributed by atoms with E-state index in [0.29, 0.717) is 49.3 Å². The van der Waals surface area contributed by atoms with E-state index in [9.17, 15) is 23.1 Å². The fourth-order valence-electron chi connectivity index (χ4n) is 7.00. The van der Waals surface area contributed by atoms with Crippen LogP contribution in [0.4, 0.5) is 13.2 Å².